The van der Waals surface area contributed by atoms with E-state index in [1.54, 1.807) is 18.4 Å². The number of benzene rings is 2. The Kier molecular flexibility index (Phi) is 4.16. The number of carbonyl (C=O) groups is 1. The highest BCUT2D eigenvalue weighted by Gasteiger charge is 2.17. The maximum atomic E-state index is 12.2. The van der Waals surface area contributed by atoms with Crippen LogP contribution in [0.25, 0.3) is 11.0 Å². The van der Waals surface area contributed by atoms with Gasteiger partial charge in [-0.1, -0.05) is 0 Å². The van der Waals surface area contributed by atoms with Crippen molar-refractivity contribution < 1.29 is 18.9 Å². The van der Waals surface area contributed by atoms with Gasteiger partial charge in [0.15, 0.2) is 0 Å². The summed E-state index contributed by atoms with van der Waals surface area (Å²) in [5.41, 5.74) is 5.02. The van der Waals surface area contributed by atoms with Gasteiger partial charge in [0.05, 0.1) is 17.6 Å². The average Bonchev–Trinajstić information content (AvgIpc) is 3.25. The number of furan rings is 1. The van der Waals surface area contributed by atoms with E-state index in [1.165, 1.54) is 23.3 Å². The van der Waals surface area contributed by atoms with E-state index in [0.29, 0.717) is 5.56 Å². The molecule has 0 fully saturated rings. The van der Waals surface area contributed by atoms with Crippen LogP contribution in [0.4, 0.5) is 5.69 Å². The fourth-order valence-electron chi connectivity index (χ4n) is 3.37. The van der Waals surface area contributed by atoms with Crippen LogP contribution in [0.3, 0.4) is 0 Å². The molecule has 0 spiro atoms. The van der Waals surface area contributed by atoms with Gasteiger partial charge in [0.25, 0.3) is 5.69 Å². The van der Waals surface area contributed by atoms with E-state index >= 15 is 0 Å². The van der Waals surface area contributed by atoms with Crippen LogP contribution in [0.15, 0.2) is 47.1 Å². The molecule has 0 unspecified atom stereocenters. The van der Waals surface area contributed by atoms with Gasteiger partial charge in [0.1, 0.15) is 12.2 Å². The number of esters is 1. The normalized spacial score (nSPS) is 12.9. The lowest BCUT2D eigenvalue weighted by atomic mass is 10.0. The van der Waals surface area contributed by atoms with Gasteiger partial charge in [-0.2, -0.15) is 0 Å². The molecule has 132 valence electrons. The number of nitrogens with zero attached hydrogens (tertiary/aromatic N) is 1. The summed E-state index contributed by atoms with van der Waals surface area (Å²) in [5, 5.41) is 11.6. The molecule has 6 nitrogen and oxygen atoms in total. The van der Waals surface area contributed by atoms with Crippen LogP contribution < -0.4 is 0 Å². The maximum absolute atomic E-state index is 12.2. The lowest BCUT2D eigenvalue weighted by Crippen LogP contribution is -2.07. The van der Waals surface area contributed by atoms with Crippen molar-refractivity contribution in [3.05, 3.63) is 75.0 Å². The van der Waals surface area contributed by atoms with Crippen molar-refractivity contribution in [2.75, 3.05) is 0 Å². The molecule has 1 aromatic heterocycles. The Morgan fingerprint density at radius 2 is 1.88 bits per heavy atom. The molecule has 1 heterocycles. The first-order valence-electron chi connectivity index (χ1n) is 8.51. The summed E-state index contributed by atoms with van der Waals surface area (Å²) in [5.74, 6) is -0.355. The van der Waals surface area contributed by atoms with Crippen LogP contribution in [0.1, 0.15) is 28.7 Å². The van der Waals surface area contributed by atoms with Crippen LogP contribution >= 0.6 is 0 Å². The van der Waals surface area contributed by atoms with Crippen molar-refractivity contribution in [2.45, 2.75) is 32.3 Å². The standard InChI is InChI=1S/C20H17NO5/c22-20(26-11-13-4-6-17(7-5-13)21(23)24)10-16-12-25-19-9-15-3-1-2-14(15)8-18(16)19/h4-9,12H,1-3,10-11H2. The zero-order valence-corrected chi connectivity index (χ0v) is 14.1. The van der Waals surface area contributed by atoms with Crippen LogP contribution in [0.2, 0.25) is 0 Å². The minimum atomic E-state index is -0.462. The Morgan fingerprint density at radius 3 is 2.62 bits per heavy atom. The summed E-state index contributed by atoms with van der Waals surface area (Å²) in [6.45, 7) is 0.0853. The number of carbonyl (C=O) groups excluding carboxylic acids is 1. The van der Waals surface area contributed by atoms with E-state index in [1.807, 2.05) is 0 Å². The Balaban J connectivity index is 1.42. The highest BCUT2D eigenvalue weighted by atomic mass is 16.6. The van der Waals surface area contributed by atoms with E-state index in [2.05, 4.69) is 12.1 Å². The molecule has 1 aliphatic rings. The van der Waals surface area contributed by atoms with E-state index < -0.39 is 4.92 Å². The Morgan fingerprint density at radius 1 is 1.15 bits per heavy atom. The van der Waals surface area contributed by atoms with Crippen molar-refractivity contribution >= 4 is 22.6 Å². The summed E-state index contributed by atoms with van der Waals surface area (Å²) < 4.78 is 10.9. The number of nitro benzene ring substituents is 1. The predicted octanol–water partition coefficient (Wildman–Crippen LogP) is 4.12. The van der Waals surface area contributed by atoms with Crippen LogP contribution in [0.5, 0.6) is 0 Å². The molecular formula is C20H17NO5. The zero-order chi connectivity index (χ0) is 18.1. The molecule has 26 heavy (non-hydrogen) atoms. The Bertz CT molecular complexity index is 987. The van der Waals surface area contributed by atoms with Crippen LogP contribution in [-0.2, 0) is 35.4 Å². The van der Waals surface area contributed by atoms with E-state index in [0.717, 1.165) is 35.8 Å². The second-order valence-corrected chi connectivity index (χ2v) is 6.49. The van der Waals surface area contributed by atoms with Crippen molar-refractivity contribution in [3.8, 4) is 0 Å². The maximum Gasteiger partial charge on any atom is 0.310 e. The van der Waals surface area contributed by atoms with Gasteiger partial charge in [0, 0.05) is 23.1 Å². The number of rotatable bonds is 5. The number of aryl methyl sites for hydroxylation is 2. The Hall–Kier alpha value is -3.15. The number of fused-ring (bicyclic) bond motifs is 2. The van der Waals surface area contributed by atoms with Gasteiger partial charge in [-0.05, 0) is 60.2 Å². The van der Waals surface area contributed by atoms with Crippen molar-refractivity contribution in [2.24, 2.45) is 0 Å². The molecule has 0 N–H and O–H groups in total. The van der Waals surface area contributed by atoms with Crippen molar-refractivity contribution in [1.29, 1.82) is 0 Å². The smallest absolute Gasteiger partial charge is 0.310 e. The first-order valence-corrected chi connectivity index (χ1v) is 8.51. The van der Waals surface area contributed by atoms with Crippen LogP contribution in [-0.4, -0.2) is 10.9 Å². The number of nitro groups is 1. The lowest BCUT2D eigenvalue weighted by molar-refractivity contribution is -0.384. The Labute approximate surface area is 149 Å². The molecule has 4 rings (SSSR count). The quantitative estimate of drug-likeness (QED) is 0.392. The lowest BCUT2D eigenvalue weighted by Gasteiger charge is -2.05. The van der Waals surface area contributed by atoms with Gasteiger partial charge in [-0.25, -0.2) is 0 Å². The molecule has 0 aliphatic heterocycles. The number of hydrogen-bond acceptors (Lipinski definition) is 5. The zero-order valence-electron chi connectivity index (χ0n) is 14.1. The van der Waals surface area contributed by atoms with Gasteiger partial charge in [-0.15, -0.1) is 0 Å². The SMILES string of the molecule is O=C(Cc1coc2cc3c(cc12)CCC3)OCc1ccc([N+](=O)[O-])cc1. The molecule has 0 saturated heterocycles. The summed E-state index contributed by atoms with van der Waals surface area (Å²) in [7, 11) is 0. The largest absolute Gasteiger partial charge is 0.464 e. The molecule has 1 aliphatic carbocycles. The van der Waals surface area contributed by atoms with Gasteiger partial charge in [-0.3, -0.25) is 14.9 Å². The van der Waals surface area contributed by atoms with Gasteiger partial charge < -0.3 is 9.15 Å². The monoisotopic (exact) mass is 351 g/mol. The first-order chi connectivity index (χ1) is 12.6. The molecular weight excluding hydrogens is 334 g/mol. The van der Waals surface area contributed by atoms with E-state index in [4.69, 9.17) is 9.15 Å². The molecule has 0 bridgehead atoms. The molecule has 0 saturated carbocycles. The van der Waals surface area contributed by atoms with Gasteiger partial charge in [0.2, 0.25) is 0 Å². The molecule has 2 aromatic carbocycles. The third-order valence-corrected chi connectivity index (χ3v) is 4.75. The fourth-order valence-corrected chi connectivity index (χ4v) is 3.37. The summed E-state index contributed by atoms with van der Waals surface area (Å²) >= 11 is 0. The summed E-state index contributed by atoms with van der Waals surface area (Å²) in [6, 6.07) is 10.2. The first kappa shape index (κ1) is 16.3. The fraction of sp³-hybridized carbons (Fsp3) is 0.250. The highest BCUT2D eigenvalue weighted by molar-refractivity contribution is 5.87. The van der Waals surface area contributed by atoms with Crippen molar-refractivity contribution in [3.63, 3.8) is 0 Å². The number of hydrogen-bond donors (Lipinski definition) is 0. The minimum Gasteiger partial charge on any atom is -0.464 e. The molecule has 0 radical (unpaired) electrons. The summed E-state index contributed by atoms with van der Waals surface area (Å²) in [4.78, 5) is 22.3. The second kappa shape index (κ2) is 6.63. The topological polar surface area (TPSA) is 82.6 Å². The van der Waals surface area contributed by atoms with Crippen LogP contribution in [0, 0.1) is 10.1 Å². The second-order valence-electron chi connectivity index (χ2n) is 6.49. The third kappa shape index (κ3) is 3.18. The van der Waals surface area contributed by atoms with Gasteiger partial charge >= 0.3 is 5.97 Å². The predicted molar refractivity (Wildman–Crippen MR) is 94.8 cm³/mol. The molecule has 0 atom stereocenters. The molecule has 6 heteroatoms. The average molecular weight is 351 g/mol. The molecule has 3 aromatic rings. The molecule has 0 amide bonds. The summed E-state index contributed by atoms with van der Waals surface area (Å²) in [6.07, 6.45) is 5.07. The number of non-ortho nitro benzene ring substituents is 1. The van der Waals surface area contributed by atoms with Crippen molar-refractivity contribution in [1.82, 2.24) is 0 Å². The van der Waals surface area contributed by atoms with E-state index in [-0.39, 0.29) is 24.7 Å². The van der Waals surface area contributed by atoms with E-state index in [9.17, 15) is 14.9 Å². The highest BCUT2D eigenvalue weighted by Crippen LogP contribution is 2.30. The number of ether oxygens (including phenoxy) is 1. The third-order valence-electron chi connectivity index (χ3n) is 4.75. The minimum absolute atomic E-state index is 0.0116.